The molecule has 0 radical (unpaired) electrons. The number of carbonyl (C=O) groups is 5. The number of carboxylic acids is 1. The van der Waals surface area contributed by atoms with Gasteiger partial charge in [0.2, 0.25) is 23.6 Å². The van der Waals surface area contributed by atoms with Gasteiger partial charge in [-0.05, 0) is 73.1 Å². The molecule has 258 valence electrons. The molecule has 1 saturated carbocycles. The zero-order valence-electron chi connectivity index (χ0n) is 27.5. The Morgan fingerprint density at radius 3 is 2.42 bits per heavy atom. The van der Waals surface area contributed by atoms with Gasteiger partial charge in [0.15, 0.2) is 11.5 Å². The Morgan fingerprint density at radius 1 is 0.920 bits per heavy atom. The van der Waals surface area contributed by atoms with Gasteiger partial charge in [0.05, 0.1) is 36.0 Å². The van der Waals surface area contributed by atoms with E-state index in [0.717, 1.165) is 5.57 Å². The van der Waals surface area contributed by atoms with E-state index < -0.39 is 52.8 Å². The van der Waals surface area contributed by atoms with Crippen molar-refractivity contribution in [2.75, 3.05) is 18.6 Å². The normalized spacial score (nSPS) is 27.2. The number of nitrogens with zero attached hydrogens (tertiary/aromatic N) is 2. The maximum absolute atomic E-state index is 15.3. The number of methoxy groups -OCH3 is 1. The van der Waals surface area contributed by atoms with Crippen molar-refractivity contribution in [1.82, 2.24) is 4.90 Å². The Kier molecular flexibility index (Phi) is 8.76. The number of carboxylic acid groups (broad SMARTS) is 1. The summed E-state index contributed by atoms with van der Waals surface area (Å²) in [6.45, 7) is 0.197. The summed E-state index contributed by atoms with van der Waals surface area (Å²) in [5, 5.41) is 20.0. The molecule has 2 heterocycles. The molecule has 0 spiro atoms. The zero-order chi connectivity index (χ0) is 35.3. The second kappa shape index (κ2) is 13.1. The molecule has 50 heavy (non-hydrogen) atoms. The number of ether oxygens (including phenoxy) is 1. The lowest BCUT2D eigenvalue weighted by Crippen LogP contribution is -2.53. The van der Waals surface area contributed by atoms with Gasteiger partial charge in [-0.1, -0.05) is 72.1 Å². The van der Waals surface area contributed by atoms with Crippen molar-refractivity contribution in [3.05, 3.63) is 101 Å². The van der Waals surface area contributed by atoms with Crippen LogP contribution in [0.15, 0.2) is 84.4 Å². The molecule has 2 aliphatic carbocycles. The number of benzene rings is 3. The summed E-state index contributed by atoms with van der Waals surface area (Å²) in [6, 6.07) is 20.7. The van der Waals surface area contributed by atoms with Crippen LogP contribution in [0.4, 0.5) is 5.69 Å². The Hall–Kier alpha value is -4.96. The first kappa shape index (κ1) is 33.5. The number of phenolic OH excluding ortho intramolecular Hbond substituents is 1. The number of hydrogen-bond donors (Lipinski definition) is 2. The Morgan fingerprint density at radius 2 is 1.70 bits per heavy atom. The van der Waals surface area contributed by atoms with Gasteiger partial charge in [-0.3, -0.25) is 28.9 Å². The summed E-state index contributed by atoms with van der Waals surface area (Å²) in [4.78, 5) is 71.5. The van der Waals surface area contributed by atoms with E-state index in [2.05, 4.69) is 0 Å². The second-order valence-electron chi connectivity index (χ2n) is 13.6. The number of imide groups is 2. The highest BCUT2D eigenvalue weighted by Gasteiger charge is 2.70. The SMILES string of the molecule is COc1cc(C2C3=CCC4C(=O)N(CCCCCC(=O)O)C(=O)C4C3CC3C(=O)N(c4cccc(Cl)c4)C(=O)C32c2ccccc2)ccc1O. The molecule has 2 saturated heterocycles. The molecule has 3 aromatic rings. The van der Waals surface area contributed by atoms with Crippen LogP contribution in [-0.4, -0.2) is 58.4 Å². The van der Waals surface area contributed by atoms with Crippen molar-refractivity contribution in [2.45, 2.75) is 49.9 Å². The predicted octanol–water partition coefficient (Wildman–Crippen LogP) is 5.86. The van der Waals surface area contributed by atoms with E-state index in [1.54, 1.807) is 36.4 Å². The molecular formula is C39H37ClN2O8. The summed E-state index contributed by atoms with van der Waals surface area (Å²) in [5.74, 6) is -5.68. The van der Waals surface area contributed by atoms with Gasteiger partial charge in [0.1, 0.15) is 0 Å². The number of fused-ring (bicyclic) bond motifs is 4. The third kappa shape index (κ3) is 5.19. The van der Waals surface area contributed by atoms with Gasteiger partial charge >= 0.3 is 5.97 Å². The molecule has 0 aromatic heterocycles. The van der Waals surface area contributed by atoms with E-state index in [-0.39, 0.29) is 49.1 Å². The van der Waals surface area contributed by atoms with Crippen LogP contribution in [0, 0.1) is 23.7 Å². The standard InChI is InChI=1S/C39H37ClN2O8/c1-50-31-19-22(14-17-30(31)43)34-26-15-16-27-33(37(48)41(35(27)46)18-7-3-6-13-32(44)45)28(26)21-29-36(47)42(25-12-8-11-24(40)20-25)38(49)39(29,34)23-9-4-2-5-10-23/h2,4-5,8-12,14-15,17,19-20,27-29,33-34,43H,3,6-7,13,16,18,21H2,1H3,(H,44,45). The van der Waals surface area contributed by atoms with E-state index in [4.69, 9.17) is 21.4 Å². The van der Waals surface area contributed by atoms with E-state index >= 15 is 4.79 Å². The summed E-state index contributed by atoms with van der Waals surface area (Å²) < 4.78 is 5.51. The lowest BCUT2D eigenvalue weighted by molar-refractivity contribution is -0.141. The smallest absolute Gasteiger partial charge is 0.303 e. The number of aromatic hydroxyl groups is 1. The third-order valence-electron chi connectivity index (χ3n) is 11.1. The number of hydrogen-bond acceptors (Lipinski definition) is 7. The minimum atomic E-state index is -1.44. The van der Waals surface area contributed by atoms with Crippen LogP contribution in [0.25, 0.3) is 0 Å². The number of unbranched alkanes of at least 4 members (excludes halogenated alkanes) is 2. The van der Waals surface area contributed by atoms with Crippen LogP contribution in [0.1, 0.15) is 55.6 Å². The van der Waals surface area contributed by atoms with Gasteiger partial charge in [-0.15, -0.1) is 0 Å². The quantitative estimate of drug-likeness (QED) is 0.153. The molecule has 6 unspecified atom stereocenters. The molecule has 2 N–H and O–H groups in total. The largest absolute Gasteiger partial charge is 0.504 e. The van der Waals surface area contributed by atoms with E-state index in [0.29, 0.717) is 41.1 Å². The first-order chi connectivity index (χ1) is 24.1. The van der Waals surface area contributed by atoms with Crippen LogP contribution in [-0.2, 0) is 29.4 Å². The number of rotatable bonds is 10. The van der Waals surface area contributed by atoms with Gasteiger partial charge < -0.3 is 14.9 Å². The van der Waals surface area contributed by atoms with Crippen LogP contribution < -0.4 is 9.64 Å². The van der Waals surface area contributed by atoms with Gasteiger partial charge in [0, 0.05) is 23.9 Å². The predicted molar refractivity (Wildman–Crippen MR) is 184 cm³/mol. The maximum atomic E-state index is 15.3. The summed E-state index contributed by atoms with van der Waals surface area (Å²) in [5.41, 5.74) is 0.980. The second-order valence-corrected chi connectivity index (χ2v) is 14.0. The summed E-state index contributed by atoms with van der Waals surface area (Å²) in [6.07, 6.45) is 3.97. The number of anilines is 1. The van der Waals surface area contributed by atoms with Crippen LogP contribution in [0.2, 0.25) is 5.02 Å². The van der Waals surface area contributed by atoms with Gasteiger partial charge in [-0.25, -0.2) is 4.90 Å². The first-order valence-corrected chi connectivity index (χ1v) is 17.3. The number of halogens is 1. The number of carbonyl (C=O) groups excluding carboxylic acids is 4. The fraction of sp³-hybridized carbons (Fsp3) is 0.359. The van der Waals surface area contributed by atoms with Gasteiger partial charge in [-0.2, -0.15) is 0 Å². The minimum Gasteiger partial charge on any atom is -0.504 e. The highest BCUT2D eigenvalue weighted by molar-refractivity contribution is 6.32. The number of likely N-dealkylation sites (tertiary alicyclic amines) is 1. The van der Waals surface area contributed by atoms with Crippen molar-refractivity contribution in [2.24, 2.45) is 23.7 Å². The lowest BCUT2D eigenvalue weighted by atomic mass is 9.49. The molecule has 6 atom stereocenters. The van der Waals surface area contributed by atoms with Crippen LogP contribution in [0.3, 0.4) is 0 Å². The van der Waals surface area contributed by atoms with Gasteiger partial charge in [0.25, 0.3) is 0 Å². The molecule has 2 aliphatic heterocycles. The highest BCUT2D eigenvalue weighted by atomic mass is 35.5. The number of aliphatic carboxylic acids is 1. The van der Waals surface area contributed by atoms with Crippen molar-refractivity contribution >= 4 is 46.9 Å². The van der Waals surface area contributed by atoms with Crippen LogP contribution in [0.5, 0.6) is 11.5 Å². The molecule has 7 rings (SSSR count). The van der Waals surface area contributed by atoms with Crippen molar-refractivity contribution in [3.63, 3.8) is 0 Å². The van der Waals surface area contributed by atoms with Crippen molar-refractivity contribution in [1.29, 1.82) is 0 Å². The first-order valence-electron chi connectivity index (χ1n) is 16.9. The Bertz CT molecular complexity index is 1930. The van der Waals surface area contributed by atoms with E-state index in [1.807, 2.05) is 36.4 Å². The minimum absolute atomic E-state index is 0.0233. The fourth-order valence-corrected chi connectivity index (χ4v) is 9.19. The van der Waals surface area contributed by atoms with Crippen molar-refractivity contribution in [3.8, 4) is 11.5 Å². The molecule has 10 nitrogen and oxygen atoms in total. The molecule has 4 amide bonds. The number of phenols is 1. The molecule has 0 bridgehead atoms. The third-order valence-corrected chi connectivity index (χ3v) is 11.3. The molecule has 3 aromatic carbocycles. The summed E-state index contributed by atoms with van der Waals surface area (Å²) in [7, 11) is 1.44. The lowest BCUT2D eigenvalue weighted by Gasteiger charge is -2.50. The molecular weight excluding hydrogens is 660 g/mol. The average Bonchev–Trinajstić information content (AvgIpc) is 3.49. The summed E-state index contributed by atoms with van der Waals surface area (Å²) >= 11 is 6.37. The molecule has 4 aliphatic rings. The van der Waals surface area contributed by atoms with E-state index in [9.17, 15) is 24.3 Å². The maximum Gasteiger partial charge on any atom is 0.303 e. The topological polar surface area (TPSA) is 142 Å². The Labute approximate surface area is 294 Å². The number of amides is 4. The average molecular weight is 697 g/mol. The molecule has 3 fully saturated rings. The zero-order valence-corrected chi connectivity index (χ0v) is 28.2. The Balaban J connectivity index is 1.37. The molecule has 11 heteroatoms. The van der Waals surface area contributed by atoms with Crippen LogP contribution >= 0.6 is 11.6 Å². The number of allylic oxidation sites excluding steroid dienone is 2. The van der Waals surface area contributed by atoms with Crippen molar-refractivity contribution < 1.29 is 38.9 Å². The van der Waals surface area contributed by atoms with E-state index in [1.165, 1.54) is 23.0 Å². The fourth-order valence-electron chi connectivity index (χ4n) is 9.00. The highest BCUT2D eigenvalue weighted by Crippen LogP contribution is 2.64. The monoisotopic (exact) mass is 696 g/mol.